The fraction of sp³-hybridized carbons (Fsp3) is 0.400. The van der Waals surface area contributed by atoms with E-state index in [1.807, 2.05) is 0 Å². The molecule has 112 valence electrons. The highest BCUT2D eigenvalue weighted by atomic mass is 14.9. The van der Waals surface area contributed by atoms with Crippen molar-refractivity contribution in [1.29, 1.82) is 0 Å². The summed E-state index contributed by atoms with van der Waals surface area (Å²) in [5.74, 6) is 0. The highest BCUT2D eigenvalue weighted by Gasteiger charge is 2.10. The molecule has 0 aliphatic heterocycles. The molecule has 0 saturated carbocycles. The first-order valence-corrected chi connectivity index (χ1v) is 8.19. The minimum atomic E-state index is 0.477. The van der Waals surface area contributed by atoms with Crippen molar-refractivity contribution in [2.75, 3.05) is 6.54 Å². The summed E-state index contributed by atoms with van der Waals surface area (Å²) in [6.07, 6.45) is 4.68. The van der Waals surface area contributed by atoms with E-state index in [9.17, 15) is 0 Å². The Labute approximate surface area is 129 Å². The van der Waals surface area contributed by atoms with Crippen molar-refractivity contribution in [2.45, 2.75) is 45.6 Å². The van der Waals surface area contributed by atoms with Crippen LogP contribution in [-0.2, 0) is 12.8 Å². The standard InChI is InChI=1S/C20H27N/c1-3-17-12-8-14-19(16-17)20(21-4-2)15-9-13-18-10-6-5-7-11-18/h5-8,10-12,14,16,20-21H,3-4,9,13,15H2,1-2H3. The molecule has 0 heterocycles. The Morgan fingerprint density at radius 3 is 2.38 bits per heavy atom. The molecule has 0 aliphatic carbocycles. The van der Waals surface area contributed by atoms with Crippen LogP contribution in [0.5, 0.6) is 0 Å². The van der Waals surface area contributed by atoms with Crippen LogP contribution in [0.2, 0.25) is 0 Å². The first-order valence-electron chi connectivity index (χ1n) is 8.19. The van der Waals surface area contributed by atoms with Crippen LogP contribution in [0.25, 0.3) is 0 Å². The zero-order valence-corrected chi connectivity index (χ0v) is 13.3. The van der Waals surface area contributed by atoms with Gasteiger partial charge in [-0.2, -0.15) is 0 Å². The zero-order chi connectivity index (χ0) is 14.9. The molecule has 0 saturated heterocycles. The molecular formula is C20H27N. The Morgan fingerprint density at radius 2 is 1.67 bits per heavy atom. The van der Waals surface area contributed by atoms with Gasteiger partial charge in [0, 0.05) is 6.04 Å². The van der Waals surface area contributed by atoms with Crippen molar-refractivity contribution in [3.05, 3.63) is 71.3 Å². The van der Waals surface area contributed by atoms with E-state index in [0.717, 1.165) is 19.4 Å². The topological polar surface area (TPSA) is 12.0 Å². The second-order valence-corrected chi connectivity index (χ2v) is 5.59. The predicted octanol–water partition coefficient (Wildman–Crippen LogP) is 4.92. The van der Waals surface area contributed by atoms with Crippen molar-refractivity contribution >= 4 is 0 Å². The fourth-order valence-corrected chi connectivity index (χ4v) is 2.82. The molecule has 0 spiro atoms. The van der Waals surface area contributed by atoms with E-state index in [4.69, 9.17) is 0 Å². The maximum Gasteiger partial charge on any atom is 0.0320 e. The number of hydrogen-bond acceptors (Lipinski definition) is 1. The van der Waals surface area contributed by atoms with Gasteiger partial charge in [-0.1, -0.05) is 68.4 Å². The van der Waals surface area contributed by atoms with E-state index < -0.39 is 0 Å². The first-order chi connectivity index (χ1) is 10.3. The Balaban J connectivity index is 1.95. The van der Waals surface area contributed by atoms with Gasteiger partial charge < -0.3 is 5.32 Å². The van der Waals surface area contributed by atoms with Crippen LogP contribution < -0.4 is 5.32 Å². The number of aryl methyl sites for hydroxylation is 2. The van der Waals surface area contributed by atoms with Crippen LogP contribution in [0.1, 0.15) is 49.4 Å². The molecule has 0 fully saturated rings. The zero-order valence-electron chi connectivity index (χ0n) is 13.3. The Hall–Kier alpha value is -1.60. The van der Waals surface area contributed by atoms with E-state index in [1.54, 1.807) is 0 Å². The molecule has 0 radical (unpaired) electrons. The summed E-state index contributed by atoms with van der Waals surface area (Å²) in [6, 6.07) is 20.3. The lowest BCUT2D eigenvalue weighted by Crippen LogP contribution is -2.21. The van der Waals surface area contributed by atoms with Crippen molar-refractivity contribution in [1.82, 2.24) is 5.32 Å². The van der Waals surface area contributed by atoms with Crippen LogP contribution in [0.15, 0.2) is 54.6 Å². The van der Waals surface area contributed by atoms with Crippen LogP contribution in [0.4, 0.5) is 0 Å². The van der Waals surface area contributed by atoms with Crippen LogP contribution in [0.3, 0.4) is 0 Å². The lowest BCUT2D eigenvalue weighted by atomic mass is 9.97. The second kappa shape index (κ2) is 8.63. The van der Waals surface area contributed by atoms with Gasteiger partial charge in [0.2, 0.25) is 0 Å². The van der Waals surface area contributed by atoms with Crippen molar-refractivity contribution < 1.29 is 0 Å². The number of hydrogen-bond donors (Lipinski definition) is 1. The Morgan fingerprint density at radius 1 is 0.905 bits per heavy atom. The first kappa shape index (κ1) is 15.8. The molecule has 0 amide bonds. The SMILES string of the molecule is CCNC(CCCc1ccccc1)c1cccc(CC)c1. The van der Waals surface area contributed by atoms with Crippen LogP contribution >= 0.6 is 0 Å². The van der Waals surface area contributed by atoms with E-state index in [0.29, 0.717) is 6.04 Å². The summed E-state index contributed by atoms with van der Waals surface area (Å²) in [5, 5.41) is 3.64. The molecule has 0 aliphatic rings. The molecular weight excluding hydrogens is 254 g/mol. The normalized spacial score (nSPS) is 12.3. The van der Waals surface area contributed by atoms with Crippen LogP contribution in [-0.4, -0.2) is 6.54 Å². The van der Waals surface area contributed by atoms with Crippen molar-refractivity contribution in [2.24, 2.45) is 0 Å². The molecule has 2 aromatic carbocycles. The molecule has 1 heteroatoms. The summed E-state index contributed by atoms with van der Waals surface area (Å²) in [5.41, 5.74) is 4.30. The van der Waals surface area contributed by atoms with Gasteiger partial charge in [0.15, 0.2) is 0 Å². The summed E-state index contributed by atoms with van der Waals surface area (Å²) >= 11 is 0. The number of nitrogens with one attached hydrogen (secondary N) is 1. The summed E-state index contributed by atoms with van der Waals surface area (Å²) in [4.78, 5) is 0. The molecule has 1 N–H and O–H groups in total. The Bertz CT molecular complexity index is 518. The van der Waals surface area contributed by atoms with E-state index >= 15 is 0 Å². The molecule has 1 nitrogen and oxygen atoms in total. The quantitative estimate of drug-likeness (QED) is 0.724. The van der Waals surface area contributed by atoms with Crippen LogP contribution in [0, 0.1) is 0 Å². The van der Waals surface area contributed by atoms with Gasteiger partial charge in [-0.15, -0.1) is 0 Å². The highest BCUT2D eigenvalue weighted by Crippen LogP contribution is 2.21. The largest absolute Gasteiger partial charge is 0.310 e. The maximum absolute atomic E-state index is 3.64. The molecule has 2 rings (SSSR count). The average Bonchev–Trinajstić information content (AvgIpc) is 2.55. The summed E-state index contributed by atoms with van der Waals surface area (Å²) < 4.78 is 0. The smallest absolute Gasteiger partial charge is 0.0320 e. The minimum Gasteiger partial charge on any atom is -0.310 e. The minimum absolute atomic E-state index is 0.477. The third kappa shape index (κ3) is 5.02. The van der Waals surface area contributed by atoms with Crippen molar-refractivity contribution in [3.63, 3.8) is 0 Å². The summed E-state index contributed by atoms with van der Waals surface area (Å²) in [7, 11) is 0. The molecule has 0 aromatic heterocycles. The highest BCUT2D eigenvalue weighted by molar-refractivity contribution is 5.26. The Kier molecular flexibility index (Phi) is 6.49. The fourth-order valence-electron chi connectivity index (χ4n) is 2.82. The van der Waals surface area contributed by atoms with Gasteiger partial charge in [0.05, 0.1) is 0 Å². The second-order valence-electron chi connectivity index (χ2n) is 5.59. The third-order valence-corrected chi connectivity index (χ3v) is 4.01. The predicted molar refractivity (Wildman–Crippen MR) is 91.6 cm³/mol. The van der Waals surface area contributed by atoms with Gasteiger partial charge in [-0.05, 0) is 48.9 Å². The number of benzene rings is 2. The van der Waals surface area contributed by atoms with E-state index in [-0.39, 0.29) is 0 Å². The maximum atomic E-state index is 3.64. The van der Waals surface area contributed by atoms with Gasteiger partial charge in [-0.3, -0.25) is 0 Å². The molecule has 1 unspecified atom stereocenters. The van der Waals surface area contributed by atoms with E-state index in [2.05, 4.69) is 73.8 Å². The monoisotopic (exact) mass is 281 g/mol. The molecule has 0 bridgehead atoms. The number of rotatable bonds is 8. The van der Waals surface area contributed by atoms with Gasteiger partial charge >= 0.3 is 0 Å². The molecule has 1 atom stereocenters. The third-order valence-electron chi connectivity index (χ3n) is 4.01. The average molecular weight is 281 g/mol. The van der Waals surface area contributed by atoms with E-state index in [1.165, 1.54) is 29.5 Å². The lowest BCUT2D eigenvalue weighted by Gasteiger charge is -2.19. The van der Waals surface area contributed by atoms with Crippen molar-refractivity contribution in [3.8, 4) is 0 Å². The lowest BCUT2D eigenvalue weighted by molar-refractivity contribution is 0.498. The molecule has 21 heavy (non-hydrogen) atoms. The van der Waals surface area contributed by atoms with Gasteiger partial charge in [0.25, 0.3) is 0 Å². The summed E-state index contributed by atoms with van der Waals surface area (Å²) in [6.45, 7) is 5.43. The molecule has 2 aromatic rings. The van der Waals surface area contributed by atoms with Gasteiger partial charge in [0.1, 0.15) is 0 Å². The van der Waals surface area contributed by atoms with Gasteiger partial charge in [-0.25, -0.2) is 0 Å².